The molecule has 1 aromatic heterocycles. The Morgan fingerprint density at radius 2 is 2.00 bits per heavy atom. The third-order valence-corrected chi connectivity index (χ3v) is 1.68. The van der Waals surface area contributed by atoms with Crippen LogP contribution in [0.4, 0.5) is 0 Å². The van der Waals surface area contributed by atoms with Crippen LogP contribution in [0.3, 0.4) is 0 Å². The zero-order chi connectivity index (χ0) is 9.26. The van der Waals surface area contributed by atoms with Crippen LogP contribution < -0.4 is 0 Å². The van der Waals surface area contributed by atoms with Gasteiger partial charge in [0.1, 0.15) is 0 Å². The molecule has 14 heavy (non-hydrogen) atoms. The van der Waals surface area contributed by atoms with Crippen LogP contribution in [0.25, 0.3) is 10.9 Å². The standard InChI is InChI=1S/C9H6N2O2.ClH/c12-9(13)8-10-5-6-3-1-2-4-7(6)11-8;/h1-5H,(H,12,13);1H. The number of aromatic nitrogens is 2. The van der Waals surface area contributed by atoms with Gasteiger partial charge in [0, 0.05) is 11.6 Å². The summed E-state index contributed by atoms with van der Waals surface area (Å²) in [5, 5.41) is 9.46. The van der Waals surface area contributed by atoms with Gasteiger partial charge < -0.3 is 5.11 Å². The van der Waals surface area contributed by atoms with Crippen molar-refractivity contribution in [3.8, 4) is 0 Å². The quantitative estimate of drug-likeness (QED) is 0.779. The first-order valence-corrected chi connectivity index (χ1v) is 3.72. The van der Waals surface area contributed by atoms with Gasteiger partial charge in [-0.3, -0.25) is 0 Å². The second-order valence-electron chi connectivity index (χ2n) is 2.56. The molecular formula is C9H7ClN2O2. The molecule has 0 aliphatic carbocycles. The third kappa shape index (κ3) is 1.80. The molecule has 1 N–H and O–H groups in total. The summed E-state index contributed by atoms with van der Waals surface area (Å²) >= 11 is 0. The summed E-state index contributed by atoms with van der Waals surface area (Å²) in [5.74, 6) is -1.27. The fourth-order valence-electron chi connectivity index (χ4n) is 1.08. The van der Waals surface area contributed by atoms with E-state index in [4.69, 9.17) is 5.11 Å². The molecule has 72 valence electrons. The zero-order valence-corrected chi connectivity index (χ0v) is 7.86. The number of carbonyl (C=O) groups is 1. The second kappa shape index (κ2) is 4.02. The summed E-state index contributed by atoms with van der Waals surface area (Å²) in [7, 11) is 0. The number of benzene rings is 1. The Bertz CT molecular complexity index is 473. The van der Waals surface area contributed by atoms with Gasteiger partial charge in [-0.25, -0.2) is 14.8 Å². The molecule has 0 spiro atoms. The van der Waals surface area contributed by atoms with E-state index in [1.165, 1.54) is 6.20 Å². The van der Waals surface area contributed by atoms with Gasteiger partial charge >= 0.3 is 5.97 Å². The monoisotopic (exact) mass is 210 g/mol. The molecule has 0 saturated heterocycles. The highest BCUT2D eigenvalue weighted by Crippen LogP contribution is 2.08. The first-order valence-electron chi connectivity index (χ1n) is 3.72. The number of rotatable bonds is 1. The maximum atomic E-state index is 10.5. The van der Waals surface area contributed by atoms with Crippen molar-refractivity contribution in [3.63, 3.8) is 0 Å². The third-order valence-electron chi connectivity index (χ3n) is 1.68. The summed E-state index contributed by atoms with van der Waals surface area (Å²) in [6, 6.07) is 7.25. The van der Waals surface area contributed by atoms with Crippen LogP contribution in [-0.4, -0.2) is 21.0 Å². The van der Waals surface area contributed by atoms with Gasteiger partial charge in [-0.05, 0) is 6.07 Å². The van der Waals surface area contributed by atoms with Crippen LogP contribution in [-0.2, 0) is 0 Å². The van der Waals surface area contributed by atoms with Crippen LogP contribution in [0, 0.1) is 0 Å². The molecule has 2 aromatic rings. The molecule has 4 nitrogen and oxygen atoms in total. The summed E-state index contributed by atoms with van der Waals surface area (Å²) in [5.41, 5.74) is 0.648. The minimum absolute atomic E-state index is 0. The minimum atomic E-state index is -1.11. The van der Waals surface area contributed by atoms with E-state index in [0.717, 1.165) is 5.39 Å². The molecule has 0 bridgehead atoms. The molecule has 0 unspecified atom stereocenters. The average Bonchev–Trinajstić information content (AvgIpc) is 2.17. The van der Waals surface area contributed by atoms with Gasteiger partial charge in [0.05, 0.1) is 5.52 Å². The van der Waals surface area contributed by atoms with E-state index in [1.807, 2.05) is 12.1 Å². The van der Waals surface area contributed by atoms with E-state index in [-0.39, 0.29) is 18.2 Å². The topological polar surface area (TPSA) is 63.1 Å². The molecule has 0 radical (unpaired) electrons. The van der Waals surface area contributed by atoms with Crippen molar-refractivity contribution in [2.75, 3.05) is 0 Å². The second-order valence-corrected chi connectivity index (χ2v) is 2.56. The highest BCUT2D eigenvalue weighted by atomic mass is 35.5. The van der Waals surface area contributed by atoms with Crippen molar-refractivity contribution in [3.05, 3.63) is 36.3 Å². The lowest BCUT2D eigenvalue weighted by Gasteiger charge is -1.96. The molecule has 0 aliphatic rings. The van der Waals surface area contributed by atoms with Crippen molar-refractivity contribution in [2.45, 2.75) is 0 Å². The Balaban J connectivity index is 0.000000980. The summed E-state index contributed by atoms with van der Waals surface area (Å²) in [4.78, 5) is 18.1. The predicted octanol–water partition coefficient (Wildman–Crippen LogP) is 1.75. The van der Waals surface area contributed by atoms with E-state index < -0.39 is 5.97 Å². The highest BCUT2D eigenvalue weighted by molar-refractivity contribution is 5.87. The maximum Gasteiger partial charge on any atom is 0.373 e. The van der Waals surface area contributed by atoms with Crippen molar-refractivity contribution in [1.82, 2.24) is 9.97 Å². The van der Waals surface area contributed by atoms with Gasteiger partial charge in [0.2, 0.25) is 5.82 Å². The van der Waals surface area contributed by atoms with Crippen LogP contribution in [0.5, 0.6) is 0 Å². The first-order chi connectivity index (χ1) is 6.27. The maximum absolute atomic E-state index is 10.5. The Kier molecular flexibility index (Phi) is 2.99. The fraction of sp³-hybridized carbons (Fsp3) is 0. The molecule has 1 heterocycles. The molecule has 1 aromatic carbocycles. The number of nitrogens with zero attached hydrogens (tertiary/aromatic N) is 2. The number of carboxylic acid groups (broad SMARTS) is 1. The first kappa shape index (κ1) is 10.4. The number of para-hydroxylation sites is 1. The summed E-state index contributed by atoms with van der Waals surface area (Å²) in [6.07, 6.45) is 1.51. The Hall–Kier alpha value is -1.68. The molecule has 0 fully saturated rings. The number of halogens is 1. The lowest BCUT2D eigenvalue weighted by molar-refractivity contribution is 0.0684. The van der Waals surface area contributed by atoms with Crippen molar-refractivity contribution in [2.24, 2.45) is 0 Å². The lowest BCUT2D eigenvalue weighted by atomic mass is 10.2. The number of hydrogen-bond acceptors (Lipinski definition) is 3. The zero-order valence-electron chi connectivity index (χ0n) is 7.04. The fourth-order valence-corrected chi connectivity index (χ4v) is 1.08. The Morgan fingerprint density at radius 3 is 2.71 bits per heavy atom. The molecular weight excluding hydrogens is 204 g/mol. The molecule has 0 saturated carbocycles. The van der Waals surface area contributed by atoms with Crippen molar-refractivity contribution < 1.29 is 9.90 Å². The molecule has 0 aliphatic heterocycles. The normalized spacial score (nSPS) is 9.43. The molecule has 2 rings (SSSR count). The molecule has 0 atom stereocenters. The van der Waals surface area contributed by atoms with Gasteiger partial charge in [-0.1, -0.05) is 18.2 Å². The number of carboxylic acids is 1. The highest BCUT2D eigenvalue weighted by Gasteiger charge is 2.05. The van der Waals surface area contributed by atoms with Gasteiger partial charge in [-0.2, -0.15) is 0 Å². The lowest BCUT2D eigenvalue weighted by Crippen LogP contribution is -2.03. The van der Waals surface area contributed by atoms with E-state index in [0.29, 0.717) is 5.52 Å². The number of hydrogen-bond donors (Lipinski definition) is 1. The van der Waals surface area contributed by atoms with Crippen LogP contribution >= 0.6 is 12.4 Å². The van der Waals surface area contributed by atoms with Gasteiger partial charge in [-0.15, -0.1) is 12.4 Å². The number of fused-ring (bicyclic) bond motifs is 1. The van der Waals surface area contributed by atoms with E-state index in [9.17, 15) is 4.79 Å². The summed E-state index contributed by atoms with van der Waals surface area (Å²) < 4.78 is 0. The van der Waals surface area contributed by atoms with Crippen LogP contribution in [0.1, 0.15) is 10.6 Å². The Morgan fingerprint density at radius 1 is 1.29 bits per heavy atom. The van der Waals surface area contributed by atoms with Gasteiger partial charge in [0.25, 0.3) is 0 Å². The smallest absolute Gasteiger partial charge is 0.373 e. The predicted molar refractivity (Wildman–Crippen MR) is 53.7 cm³/mol. The SMILES string of the molecule is Cl.O=C(O)c1ncc2ccccc2n1. The number of aromatic carboxylic acids is 1. The average molecular weight is 211 g/mol. The summed E-state index contributed by atoms with van der Waals surface area (Å²) in [6.45, 7) is 0. The van der Waals surface area contributed by atoms with Crippen molar-refractivity contribution in [1.29, 1.82) is 0 Å². The molecule has 0 amide bonds. The van der Waals surface area contributed by atoms with E-state index >= 15 is 0 Å². The van der Waals surface area contributed by atoms with Crippen LogP contribution in [0.2, 0.25) is 0 Å². The van der Waals surface area contributed by atoms with Crippen LogP contribution in [0.15, 0.2) is 30.5 Å². The van der Waals surface area contributed by atoms with Gasteiger partial charge in [0.15, 0.2) is 0 Å². The van der Waals surface area contributed by atoms with Crippen molar-refractivity contribution >= 4 is 29.3 Å². The minimum Gasteiger partial charge on any atom is -0.475 e. The largest absolute Gasteiger partial charge is 0.475 e. The molecule has 5 heteroatoms. The van der Waals surface area contributed by atoms with E-state index in [2.05, 4.69) is 9.97 Å². The van der Waals surface area contributed by atoms with E-state index in [1.54, 1.807) is 12.1 Å². The Labute approximate surface area is 86.0 Å².